The fourth-order valence-electron chi connectivity index (χ4n) is 1.70. The van der Waals surface area contributed by atoms with E-state index in [-0.39, 0.29) is 17.2 Å². The summed E-state index contributed by atoms with van der Waals surface area (Å²) in [6.07, 6.45) is 1.11. The number of hydrogen-bond donors (Lipinski definition) is 5. The Hall–Kier alpha value is -1.49. The second-order valence-corrected chi connectivity index (χ2v) is 12.3. The fraction of sp³-hybridized carbons (Fsp3) is 0.273. The van der Waals surface area contributed by atoms with Gasteiger partial charge in [0.2, 0.25) is 0 Å². The zero-order chi connectivity index (χ0) is 23.1. The molecule has 1 aliphatic rings. The lowest BCUT2D eigenvalue weighted by molar-refractivity contribution is 0.105. The molecule has 0 saturated carbocycles. The number of nitrogens with one attached hydrogen (secondary N) is 1. The van der Waals surface area contributed by atoms with E-state index >= 15 is 0 Å². The topological polar surface area (TPSA) is 198 Å². The van der Waals surface area contributed by atoms with E-state index in [9.17, 15) is 32.4 Å². The number of aromatic amines is 1. The van der Waals surface area contributed by atoms with Gasteiger partial charge in [-0.2, -0.15) is 8.78 Å². The van der Waals surface area contributed by atoms with Crippen molar-refractivity contribution in [3.8, 4) is 0 Å². The third kappa shape index (κ3) is 5.22. The number of hydrogen-bond acceptors (Lipinski definition) is 8. The van der Waals surface area contributed by atoms with Gasteiger partial charge >= 0.3 is 33.0 Å². The molecule has 1 aromatic heterocycles. The molecular formula is C11H11F2N2O11P3S. The molecule has 2 atom stereocenters. The number of aryl methyl sites for hydroxylation is 1. The van der Waals surface area contributed by atoms with E-state index in [4.69, 9.17) is 19.4 Å². The third-order valence-electron chi connectivity index (χ3n) is 3.13. The van der Waals surface area contributed by atoms with E-state index in [1.54, 1.807) is 0 Å². The van der Waals surface area contributed by atoms with E-state index in [2.05, 4.69) is 32.1 Å². The summed E-state index contributed by atoms with van der Waals surface area (Å²) in [6, 6.07) is 0. The Bertz CT molecular complexity index is 1250. The first kappa shape index (κ1) is 24.8. The molecule has 2 rings (SSSR count). The molecule has 0 radical (unpaired) electrons. The van der Waals surface area contributed by atoms with Crippen LogP contribution in [0, 0.1) is 6.92 Å². The Labute approximate surface area is 169 Å². The SMILES string of the molecule is Cc1cn(C2=C=C=C(COP(O)(=S)OP(=O)(O)C(F)(F)P(=O)(O)O)O2)c(=O)[nH]c1=O. The van der Waals surface area contributed by atoms with Crippen molar-refractivity contribution >= 4 is 39.6 Å². The summed E-state index contributed by atoms with van der Waals surface area (Å²) < 4.78 is 63.2. The van der Waals surface area contributed by atoms with Crippen LogP contribution in [0.2, 0.25) is 0 Å². The van der Waals surface area contributed by atoms with Gasteiger partial charge in [0.05, 0.1) is 0 Å². The first-order valence-electron chi connectivity index (χ1n) is 7.17. The van der Waals surface area contributed by atoms with Gasteiger partial charge in [0.15, 0.2) is 5.76 Å². The molecule has 0 bridgehead atoms. The Morgan fingerprint density at radius 1 is 1.27 bits per heavy atom. The average Bonchev–Trinajstić information content (AvgIpc) is 3.03. The summed E-state index contributed by atoms with van der Waals surface area (Å²) in [6.45, 7) is -4.44. The van der Waals surface area contributed by atoms with Gasteiger partial charge in [0.25, 0.3) is 11.4 Å². The van der Waals surface area contributed by atoms with Crippen LogP contribution in [0.25, 0.3) is 5.88 Å². The molecule has 0 saturated heterocycles. The molecule has 2 unspecified atom stereocenters. The Kier molecular flexibility index (Phi) is 6.79. The molecular weight excluding hydrogens is 499 g/mol. The standard InChI is InChI=1S/C11H11F2N2O11P3S/c1-6-4-15(10(17)14-9(6)16)8-3-2-7(25-8)5-24-29(23,30)26-28(21,22)11(12,13)27(18,19)20/h4H,5H2,1H3,(H,21,22)(H,23,30)(H,14,16,17)(H2,18,19,20). The number of nitrogens with zero attached hydrogens (tertiary/aromatic N) is 1. The van der Waals surface area contributed by atoms with Crippen LogP contribution in [0.3, 0.4) is 0 Å². The third-order valence-corrected chi connectivity index (χ3v) is 9.13. The van der Waals surface area contributed by atoms with Gasteiger partial charge in [0, 0.05) is 11.8 Å². The van der Waals surface area contributed by atoms with Crippen LogP contribution in [0.4, 0.5) is 8.78 Å². The Morgan fingerprint density at radius 2 is 1.87 bits per heavy atom. The molecule has 5 N–H and O–H groups in total. The van der Waals surface area contributed by atoms with Crippen LogP contribution in [0.5, 0.6) is 0 Å². The van der Waals surface area contributed by atoms with Crippen molar-refractivity contribution in [2.24, 2.45) is 0 Å². The highest BCUT2D eigenvalue weighted by Crippen LogP contribution is 2.77. The first-order valence-corrected chi connectivity index (χ1v) is 13.0. The first-order chi connectivity index (χ1) is 13.5. The van der Waals surface area contributed by atoms with Gasteiger partial charge in [-0.05, 0) is 30.2 Å². The van der Waals surface area contributed by atoms with E-state index < -0.39 is 45.2 Å². The van der Waals surface area contributed by atoms with Crippen LogP contribution in [0.15, 0.2) is 33.0 Å². The molecule has 0 fully saturated rings. The highest BCUT2D eigenvalue weighted by Gasteiger charge is 2.66. The van der Waals surface area contributed by atoms with Gasteiger partial charge in [-0.25, -0.2) is 13.7 Å². The number of alkyl halides is 2. The minimum absolute atomic E-state index is 0.140. The van der Waals surface area contributed by atoms with Crippen molar-refractivity contribution in [1.29, 1.82) is 0 Å². The maximum absolute atomic E-state index is 13.4. The van der Waals surface area contributed by atoms with Crippen molar-refractivity contribution in [3.63, 3.8) is 0 Å². The summed E-state index contributed by atoms with van der Waals surface area (Å²) in [5.41, 5.74) is 3.22. The highest BCUT2D eigenvalue weighted by molar-refractivity contribution is 8.08. The van der Waals surface area contributed by atoms with Crippen LogP contribution in [0.1, 0.15) is 5.56 Å². The second-order valence-electron chi connectivity index (χ2n) is 5.42. The van der Waals surface area contributed by atoms with Crippen LogP contribution < -0.4 is 11.2 Å². The van der Waals surface area contributed by atoms with Crippen LogP contribution in [-0.2, 0) is 34.5 Å². The monoisotopic (exact) mass is 510 g/mol. The van der Waals surface area contributed by atoms with Gasteiger partial charge in [-0.3, -0.25) is 23.4 Å². The summed E-state index contributed by atoms with van der Waals surface area (Å²) in [5.74, 6) is -0.645. The largest absolute Gasteiger partial charge is 0.444 e. The maximum Gasteiger partial charge on any atom is 0.444 e. The summed E-state index contributed by atoms with van der Waals surface area (Å²) in [4.78, 5) is 60.9. The lowest BCUT2D eigenvalue weighted by Crippen LogP contribution is -2.30. The smallest absolute Gasteiger partial charge is 0.426 e. The second kappa shape index (κ2) is 8.22. The number of aromatic nitrogens is 2. The van der Waals surface area contributed by atoms with Gasteiger partial charge in [0.1, 0.15) is 6.61 Å². The molecule has 0 aliphatic carbocycles. The number of halogens is 2. The summed E-state index contributed by atoms with van der Waals surface area (Å²) in [5, 5.41) is -5.56. The molecule has 1 aromatic rings. The van der Waals surface area contributed by atoms with E-state index in [1.165, 1.54) is 6.92 Å². The fourth-order valence-corrected chi connectivity index (χ4v) is 6.30. The molecule has 1 aliphatic heterocycles. The van der Waals surface area contributed by atoms with Crippen molar-refractivity contribution in [1.82, 2.24) is 9.55 Å². The normalized spacial score (nSPS) is 18.2. The minimum atomic E-state index is -6.47. The number of ether oxygens (including phenoxy) is 1. The highest BCUT2D eigenvalue weighted by atomic mass is 32.5. The van der Waals surface area contributed by atoms with Crippen molar-refractivity contribution in [3.05, 3.63) is 49.8 Å². The van der Waals surface area contributed by atoms with Crippen LogP contribution in [-0.4, -0.2) is 41.1 Å². The molecule has 166 valence electrons. The lowest BCUT2D eigenvalue weighted by atomic mass is 10.4. The quantitative estimate of drug-likeness (QED) is 0.240. The minimum Gasteiger partial charge on any atom is -0.426 e. The number of rotatable bonds is 8. The van der Waals surface area contributed by atoms with Gasteiger partial charge in [-0.15, -0.1) is 0 Å². The van der Waals surface area contributed by atoms with Crippen molar-refractivity contribution in [2.75, 3.05) is 6.61 Å². The average molecular weight is 510 g/mol. The Morgan fingerprint density at radius 3 is 2.43 bits per heavy atom. The molecule has 0 amide bonds. The summed E-state index contributed by atoms with van der Waals surface area (Å²) >= 11 is 4.28. The van der Waals surface area contributed by atoms with Gasteiger partial charge in [-0.1, -0.05) is 0 Å². The van der Waals surface area contributed by atoms with E-state index in [0.29, 0.717) is 0 Å². The van der Waals surface area contributed by atoms with E-state index in [1.807, 2.05) is 4.98 Å². The van der Waals surface area contributed by atoms with Crippen LogP contribution >= 0.6 is 21.9 Å². The predicted octanol–water partition coefficient (Wildman–Crippen LogP) is 0.475. The Balaban J connectivity index is 2.14. The molecule has 13 nitrogen and oxygen atoms in total. The van der Waals surface area contributed by atoms with Gasteiger partial charge < -0.3 is 24.3 Å². The molecule has 2 heterocycles. The predicted molar refractivity (Wildman–Crippen MR) is 97.7 cm³/mol. The van der Waals surface area contributed by atoms with Crippen molar-refractivity contribution < 1.29 is 51.1 Å². The maximum atomic E-state index is 13.4. The molecule has 19 heteroatoms. The van der Waals surface area contributed by atoms with E-state index in [0.717, 1.165) is 10.8 Å². The molecule has 0 spiro atoms. The molecule has 30 heavy (non-hydrogen) atoms. The zero-order valence-electron chi connectivity index (χ0n) is 14.4. The summed E-state index contributed by atoms with van der Waals surface area (Å²) in [7, 11) is -12.9. The zero-order valence-corrected chi connectivity index (χ0v) is 17.9. The lowest BCUT2D eigenvalue weighted by Gasteiger charge is -2.25. The van der Waals surface area contributed by atoms with Crippen molar-refractivity contribution in [2.45, 2.75) is 12.3 Å². The number of H-pyrrole nitrogens is 1. The molecule has 0 aromatic carbocycles.